The molecule has 2 aliphatic heterocycles. The van der Waals surface area contributed by atoms with Crippen LogP contribution in [-0.4, -0.2) is 34.1 Å². The zero-order valence-corrected chi connectivity index (χ0v) is 13.8. The maximum absolute atomic E-state index is 6.17. The summed E-state index contributed by atoms with van der Waals surface area (Å²) < 4.78 is 8.07. The van der Waals surface area contributed by atoms with Crippen molar-refractivity contribution >= 4 is 22.6 Å². The van der Waals surface area contributed by atoms with Gasteiger partial charge in [-0.15, -0.1) is 0 Å². The van der Waals surface area contributed by atoms with E-state index < -0.39 is 0 Å². The third kappa shape index (κ3) is 2.48. The van der Waals surface area contributed by atoms with Gasteiger partial charge in [0.1, 0.15) is 23.7 Å². The fraction of sp³-hybridized carbons (Fsp3) is 0.588. The van der Waals surface area contributed by atoms with Crippen LogP contribution in [0.5, 0.6) is 5.75 Å². The summed E-state index contributed by atoms with van der Waals surface area (Å²) in [6.07, 6.45) is 3.94. The number of hydrogen-bond donors (Lipinski definition) is 0. The third-order valence-corrected chi connectivity index (χ3v) is 5.29. The topological polar surface area (TPSA) is 30.3 Å². The fourth-order valence-electron chi connectivity index (χ4n) is 3.72. The van der Waals surface area contributed by atoms with Crippen molar-refractivity contribution in [2.75, 3.05) is 19.7 Å². The number of ether oxygens (including phenoxy) is 1. The van der Waals surface area contributed by atoms with Crippen molar-refractivity contribution in [3.63, 3.8) is 0 Å². The van der Waals surface area contributed by atoms with Crippen molar-refractivity contribution in [1.82, 2.24) is 14.5 Å². The summed E-state index contributed by atoms with van der Waals surface area (Å²) >= 11 is 6.17. The number of aromatic nitrogens is 2. The Balaban J connectivity index is 1.62. The van der Waals surface area contributed by atoms with Gasteiger partial charge in [0.15, 0.2) is 0 Å². The molecule has 1 saturated heterocycles. The van der Waals surface area contributed by atoms with Gasteiger partial charge in [-0.05, 0) is 37.9 Å². The summed E-state index contributed by atoms with van der Waals surface area (Å²) in [4.78, 5) is 7.37. The van der Waals surface area contributed by atoms with Crippen LogP contribution >= 0.6 is 11.6 Å². The summed E-state index contributed by atoms with van der Waals surface area (Å²) in [6, 6.07) is 3.84. The molecule has 5 heteroatoms. The molecule has 3 heterocycles. The quantitative estimate of drug-likeness (QED) is 0.864. The predicted octanol–water partition coefficient (Wildman–Crippen LogP) is 3.70. The largest absolute Gasteiger partial charge is 0.489 e. The smallest absolute Gasteiger partial charge is 0.146 e. The minimum atomic E-state index is 0.698. The molecule has 2 aliphatic rings. The lowest BCUT2D eigenvalue weighted by molar-refractivity contribution is 0.168. The summed E-state index contributed by atoms with van der Waals surface area (Å²) in [5.74, 6) is 2.93. The third-order valence-electron chi connectivity index (χ3n) is 5.07. The van der Waals surface area contributed by atoms with E-state index in [0.717, 1.165) is 41.6 Å². The van der Waals surface area contributed by atoms with Crippen molar-refractivity contribution in [1.29, 1.82) is 0 Å². The standard InChI is InChI=1S/C17H22ClN3O/c1-2-12-3-5-20(6-4-12)11-16-19-14-9-13(18)10-15-17(14)21(16)7-8-22-15/h9-10,12H,2-8,11H2,1H3. The lowest BCUT2D eigenvalue weighted by atomic mass is 9.94. The molecule has 0 bridgehead atoms. The molecular weight excluding hydrogens is 298 g/mol. The summed E-state index contributed by atoms with van der Waals surface area (Å²) in [5, 5.41) is 0.698. The first-order chi connectivity index (χ1) is 10.7. The summed E-state index contributed by atoms with van der Waals surface area (Å²) in [7, 11) is 0. The minimum absolute atomic E-state index is 0.698. The number of halogens is 1. The van der Waals surface area contributed by atoms with Gasteiger partial charge in [-0.2, -0.15) is 0 Å². The summed E-state index contributed by atoms with van der Waals surface area (Å²) in [6.45, 7) is 7.19. The number of benzene rings is 1. The van der Waals surface area contributed by atoms with Crippen molar-refractivity contribution in [3.8, 4) is 5.75 Å². The van der Waals surface area contributed by atoms with E-state index in [2.05, 4.69) is 16.4 Å². The lowest BCUT2D eigenvalue weighted by Gasteiger charge is -2.31. The van der Waals surface area contributed by atoms with E-state index in [-0.39, 0.29) is 0 Å². The van der Waals surface area contributed by atoms with Crippen LogP contribution in [0.2, 0.25) is 5.02 Å². The Labute approximate surface area is 136 Å². The van der Waals surface area contributed by atoms with E-state index in [1.807, 2.05) is 12.1 Å². The molecular formula is C17H22ClN3O. The molecule has 0 aliphatic carbocycles. The highest BCUT2D eigenvalue weighted by Crippen LogP contribution is 2.33. The lowest BCUT2D eigenvalue weighted by Crippen LogP contribution is -2.34. The van der Waals surface area contributed by atoms with Crippen LogP contribution < -0.4 is 4.74 Å². The monoisotopic (exact) mass is 319 g/mol. The molecule has 0 saturated carbocycles. The number of rotatable bonds is 3. The second kappa shape index (κ2) is 5.74. The van der Waals surface area contributed by atoms with Gasteiger partial charge in [0.2, 0.25) is 0 Å². The highest BCUT2D eigenvalue weighted by molar-refractivity contribution is 6.31. The molecule has 4 rings (SSSR count). The van der Waals surface area contributed by atoms with Gasteiger partial charge < -0.3 is 9.30 Å². The molecule has 0 amide bonds. The van der Waals surface area contributed by atoms with E-state index in [9.17, 15) is 0 Å². The SMILES string of the molecule is CCC1CCN(Cc2nc3cc(Cl)cc4c3n2CCO4)CC1. The van der Waals surface area contributed by atoms with Crippen molar-refractivity contribution in [2.45, 2.75) is 39.3 Å². The van der Waals surface area contributed by atoms with Gasteiger partial charge >= 0.3 is 0 Å². The molecule has 0 unspecified atom stereocenters. The normalized spacial score (nSPS) is 19.5. The molecule has 0 N–H and O–H groups in total. The second-order valence-corrected chi connectivity index (χ2v) is 6.86. The van der Waals surface area contributed by atoms with E-state index in [4.69, 9.17) is 21.3 Å². The number of likely N-dealkylation sites (tertiary alicyclic amines) is 1. The average molecular weight is 320 g/mol. The van der Waals surface area contributed by atoms with Crippen molar-refractivity contribution in [3.05, 3.63) is 23.0 Å². The Bertz CT molecular complexity index is 689. The van der Waals surface area contributed by atoms with E-state index in [1.54, 1.807) is 0 Å². The Morgan fingerprint density at radius 3 is 2.86 bits per heavy atom. The predicted molar refractivity (Wildman–Crippen MR) is 88.5 cm³/mol. The number of imidazole rings is 1. The van der Waals surface area contributed by atoms with E-state index in [1.165, 1.54) is 32.4 Å². The van der Waals surface area contributed by atoms with Crippen LogP contribution in [0, 0.1) is 5.92 Å². The zero-order valence-electron chi connectivity index (χ0n) is 13.0. The summed E-state index contributed by atoms with van der Waals surface area (Å²) in [5.41, 5.74) is 2.06. The molecule has 22 heavy (non-hydrogen) atoms. The molecule has 118 valence electrons. The maximum atomic E-state index is 6.17. The number of piperidine rings is 1. The first-order valence-corrected chi connectivity index (χ1v) is 8.66. The Morgan fingerprint density at radius 1 is 1.27 bits per heavy atom. The average Bonchev–Trinajstić information content (AvgIpc) is 2.87. The van der Waals surface area contributed by atoms with E-state index in [0.29, 0.717) is 11.6 Å². The molecule has 0 radical (unpaired) electrons. The molecule has 1 fully saturated rings. The van der Waals surface area contributed by atoms with Gasteiger partial charge in [0.05, 0.1) is 18.6 Å². The minimum Gasteiger partial charge on any atom is -0.489 e. The number of hydrogen-bond acceptors (Lipinski definition) is 3. The molecule has 2 aromatic rings. The Hall–Kier alpha value is -1.26. The van der Waals surface area contributed by atoms with Gasteiger partial charge in [0.25, 0.3) is 0 Å². The zero-order chi connectivity index (χ0) is 15.1. The van der Waals surface area contributed by atoms with Gasteiger partial charge in [-0.25, -0.2) is 4.98 Å². The van der Waals surface area contributed by atoms with Crippen LogP contribution in [0.4, 0.5) is 0 Å². The van der Waals surface area contributed by atoms with Crippen LogP contribution in [0.1, 0.15) is 32.0 Å². The second-order valence-electron chi connectivity index (χ2n) is 6.43. The van der Waals surface area contributed by atoms with Crippen LogP contribution in [-0.2, 0) is 13.1 Å². The maximum Gasteiger partial charge on any atom is 0.146 e. The van der Waals surface area contributed by atoms with Crippen molar-refractivity contribution < 1.29 is 4.74 Å². The van der Waals surface area contributed by atoms with Crippen molar-refractivity contribution in [2.24, 2.45) is 5.92 Å². The first kappa shape index (κ1) is 14.3. The van der Waals surface area contributed by atoms with Gasteiger partial charge in [0, 0.05) is 11.1 Å². The first-order valence-electron chi connectivity index (χ1n) is 8.28. The van der Waals surface area contributed by atoms with Gasteiger partial charge in [-0.1, -0.05) is 24.9 Å². The number of nitrogens with zero attached hydrogens (tertiary/aromatic N) is 3. The highest BCUT2D eigenvalue weighted by Gasteiger charge is 2.23. The Kier molecular flexibility index (Phi) is 3.74. The van der Waals surface area contributed by atoms with Crippen LogP contribution in [0.3, 0.4) is 0 Å². The van der Waals surface area contributed by atoms with Crippen LogP contribution in [0.25, 0.3) is 11.0 Å². The van der Waals surface area contributed by atoms with Gasteiger partial charge in [-0.3, -0.25) is 4.90 Å². The fourth-order valence-corrected chi connectivity index (χ4v) is 3.92. The molecule has 1 aromatic carbocycles. The molecule has 1 aromatic heterocycles. The molecule has 0 atom stereocenters. The molecule has 0 spiro atoms. The van der Waals surface area contributed by atoms with E-state index >= 15 is 0 Å². The van der Waals surface area contributed by atoms with Crippen LogP contribution in [0.15, 0.2) is 12.1 Å². The molecule has 4 nitrogen and oxygen atoms in total. The highest BCUT2D eigenvalue weighted by atomic mass is 35.5. The Morgan fingerprint density at radius 2 is 2.09 bits per heavy atom.